The first kappa shape index (κ1) is 23.4. The Labute approximate surface area is 171 Å². The first-order chi connectivity index (χ1) is 13.4. The lowest BCUT2D eigenvalue weighted by atomic mass is 10.00. The molecule has 0 unspecified atom stereocenters. The molecule has 4 nitrogen and oxygen atoms in total. The van der Waals surface area contributed by atoms with Gasteiger partial charge in [0.2, 0.25) is 0 Å². The summed E-state index contributed by atoms with van der Waals surface area (Å²) < 4.78 is 0. The number of carbonyl (C=O) groups excluding carboxylic acids is 1. The molecule has 5 heteroatoms. The van der Waals surface area contributed by atoms with Gasteiger partial charge in [-0.05, 0) is 45.0 Å². The van der Waals surface area contributed by atoms with Crippen LogP contribution in [0.5, 0.6) is 0 Å². The van der Waals surface area contributed by atoms with Crippen LogP contribution in [0, 0.1) is 13.8 Å². The van der Waals surface area contributed by atoms with E-state index in [1.807, 2.05) is 62.4 Å². The van der Waals surface area contributed by atoms with Crippen LogP contribution in [-0.4, -0.2) is 22.7 Å². The van der Waals surface area contributed by atoms with Crippen LogP contribution in [0.25, 0.3) is 0 Å². The SMILES string of the molecule is CCO.Cc1ccc(Cl)cc1.Cc1ccc(NO)c(C(=O)c2ccccc2)c1. The van der Waals surface area contributed by atoms with Gasteiger partial charge in [0.25, 0.3) is 0 Å². The van der Waals surface area contributed by atoms with Crippen LogP contribution in [-0.2, 0) is 0 Å². The number of aliphatic hydroxyl groups is 1. The van der Waals surface area contributed by atoms with E-state index in [9.17, 15) is 4.79 Å². The number of carbonyl (C=O) groups is 1. The molecule has 0 saturated carbocycles. The third-order valence-electron chi connectivity index (χ3n) is 3.59. The van der Waals surface area contributed by atoms with Gasteiger partial charge in [0, 0.05) is 22.8 Å². The molecule has 0 aliphatic carbocycles. The average Bonchev–Trinajstić information content (AvgIpc) is 2.71. The second-order valence-corrected chi connectivity index (χ2v) is 6.40. The van der Waals surface area contributed by atoms with Crippen molar-refractivity contribution < 1.29 is 15.1 Å². The van der Waals surface area contributed by atoms with Crippen LogP contribution < -0.4 is 5.48 Å². The summed E-state index contributed by atoms with van der Waals surface area (Å²) in [5.74, 6) is -0.106. The predicted octanol–water partition coefficient (Wildman–Crippen LogP) is 5.67. The summed E-state index contributed by atoms with van der Waals surface area (Å²) in [5.41, 5.74) is 5.77. The van der Waals surface area contributed by atoms with E-state index in [1.54, 1.807) is 31.2 Å². The van der Waals surface area contributed by atoms with Crippen molar-refractivity contribution in [2.24, 2.45) is 0 Å². The normalized spacial score (nSPS) is 9.36. The first-order valence-corrected chi connectivity index (χ1v) is 9.24. The first-order valence-electron chi connectivity index (χ1n) is 8.86. The molecule has 0 spiro atoms. The van der Waals surface area contributed by atoms with E-state index in [2.05, 4.69) is 5.48 Å². The van der Waals surface area contributed by atoms with Gasteiger partial charge in [0.05, 0.1) is 5.69 Å². The molecule has 0 aliphatic rings. The molecule has 0 aliphatic heterocycles. The van der Waals surface area contributed by atoms with Gasteiger partial charge in [-0.3, -0.25) is 15.5 Å². The Morgan fingerprint density at radius 1 is 0.929 bits per heavy atom. The standard InChI is InChI=1S/C14H13NO2.C7H7Cl.C2H6O/c1-10-7-8-13(15-17)12(9-10)14(16)11-5-3-2-4-6-11;1-6-2-4-7(8)5-3-6;1-2-3/h2-9,15,17H,1H3;2-5H,1H3;3H,2H2,1H3. The Bertz CT molecular complexity index is 828. The molecule has 3 N–H and O–H groups in total. The van der Waals surface area contributed by atoms with E-state index in [1.165, 1.54) is 5.56 Å². The molecular formula is C23H26ClNO3. The van der Waals surface area contributed by atoms with E-state index in [4.69, 9.17) is 21.9 Å². The minimum atomic E-state index is -0.106. The summed E-state index contributed by atoms with van der Waals surface area (Å²) in [5, 5.41) is 17.4. The maximum Gasteiger partial charge on any atom is 0.195 e. The number of ketones is 1. The highest BCUT2D eigenvalue weighted by atomic mass is 35.5. The van der Waals surface area contributed by atoms with Gasteiger partial charge in [0.15, 0.2) is 5.78 Å². The van der Waals surface area contributed by atoms with E-state index in [0.29, 0.717) is 16.8 Å². The maximum absolute atomic E-state index is 12.2. The molecule has 0 aromatic heterocycles. The van der Waals surface area contributed by atoms with Crippen LogP contribution in [0.1, 0.15) is 34.0 Å². The fraction of sp³-hybridized carbons (Fsp3) is 0.174. The third kappa shape index (κ3) is 7.92. The van der Waals surface area contributed by atoms with Crippen molar-refractivity contribution in [3.05, 3.63) is 100 Å². The highest BCUT2D eigenvalue weighted by Gasteiger charge is 2.13. The number of hydrogen-bond acceptors (Lipinski definition) is 4. The zero-order chi connectivity index (χ0) is 20.9. The smallest absolute Gasteiger partial charge is 0.195 e. The molecule has 0 heterocycles. The predicted molar refractivity (Wildman–Crippen MR) is 115 cm³/mol. The molecule has 0 bridgehead atoms. The lowest BCUT2D eigenvalue weighted by Crippen LogP contribution is -2.06. The Morgan fingerprint density at radius 3 is 1.96 bits per heavy atom. The number of halogens is 1. The average molecular weight is 400 g/mol. The van der Waals surface area contributed by atoms with Gasteiger partial charge in [0.1, 0.15) is 0 Å². The fourth-order valence-corrected chi connectivity index (χ4v) is 2.35. The lowest BCUT2D eigenvalue weighted by molar-refractivity contribution is 0.103. The van der Waals surface area contributed by atoms with E-state index in [0.717, 1.165) is 10.6 Å². The summed E-state index contributed by atoms with van der Waals surface area (Å²) in [6.45, 7) is 5.87. The number of anilines is 1. The topological polar surface area (TPSA) is 69.6 Å². The maximum atomic E-state index is 12.2. The van der Waals surface area contributed by atoms with Gasteiger partial charge in [-0.15, -0.1) is 0 Å². The largest absolute Gasteiger partial charge is 0.397 e. The van der Waals surface area contributed by atoms with Gasteiger partial charge in [-0.1, -0.05) is 71.3 Å². The van der Waals surface area contributed by atoms with Gasteiger partial charge < -0.3 is 5.11 Å². The van der Waals surface area contributed by atoms with Crippen molar-refractivity contribution in [2.45, 2.75) is 20.8 Å². The number of hydrogen-bond donors (Lipinski definition) is 3. The molecule has 3 aromatic rings. The van der Waals surface area contributed by atoms with Crippen molar-refractivity contribution in [2.75, 3.05) is 12.1 Å². The summed E-state index contributed by atoms with van der Waals surface area (Å²) in [7, 11) is 0. The van der Waals surface area contributed by atoms with Gasteiger partial charge in [-0.25, -0.2) is 0 Å². The number of rotatable bonds is 3. The monoisotopic (exact) mass is 399 g/mol. The van der Waals surface area contributed by atoms with Crippen LogP contribution in [0.15, 0.2) is 72.8 Å². The third-order valence-corrected chi connectivity index (χ3v) is 3.84. The fourth-order valence-electron chi connectivity index (χ4n) is 2.22. The number of nitrogens with one attached hydrogen (secondary N) is 1. The zero-order valence-electron chi connectivity index (χ0n) is 16.3. The highest BCUT2D eigenvalue weighted by Crippen LogP contribution is 2.20. The molecule has 3 aromatic carbocycles. The quantitative estimate of drug-likeness (QED) is 0.391. The second kappa shape index (κ2) is 12.7. The van der Waals surface area contributed by atoms with Crippen molar-refractivity contribution in [3.8, 4) is 0 Å². The molecule has 28 heavy (non-hydrogen) atoms. The van der Waals surface area contributed by atoms with Crippen LogP contribution in [0.4, 0.5) is 5.69 Å². The van der Waals surface area contributed by atoms with E-state index < -0.39 is 0 Å². The van der Waals surface area contributed by atoms with Crippen molar-refractivity contribution in [1.29, 1.82) is 0 Å². The van der Waals surface area contributed by atoms with Crippen LogP contribution in [0.2, 0.25) is 5.02 Å². The number of aryl methyl sites for hydroxylation is 2. The van der Waals surface area contributed by atoms with Crippen molar-refractivity contribution in [3.63, 3.8) is 0 Å². The second-order valence-electron chi connectivity index (χ2n) is 5.97. The van der Waals surface area contributed by atoms with Crippen LogP contribution in [0.3, 0.4) is 0 Å². The van der Waals surface area contributed by atoms with Gasteiger partial charge in [-0.2, -0.15) is 0 Å². The molecular weight excluding hydrogens is 374 g/mol. The number of benzene rings is 3. The Kier molecular flexibility index (Phi) is 10.6. The summed E-state index contributed by atoms with van der Waals surface area (Å²) >= 11 is 5.61. The Morgan fingerprint density at radius 2 is 1.46 bits per heavy atom. The Balaban J connectivity index is 0.000000296. The molecule has 0 atom stereocenters. The highest BCUT2D eigenvalue weighted by molar-refractivity contribution is 6.30. The molecule has 0 saturated heterocycles. The lowest BCUT2D eigenvalue weighted by Gasteiger charge is -2.08. The van der Waals surface area contributed by atoms with Crippen molar-refractivity contribution >= 4 is 23.1 Å². The molecule has 3 rings (SSSR count). The molecule has 0 radical (unpaired) electrons. The summed E-state index contributed by atoms with van der Waals surface area (Å²) in [4.78, 5) is 12.2. The molecule has 148 valence electrons. The zero-order valence-corrected chi connectivity index (χ0v) is 17.1. The number of aliphatic hydroxyl groups excluding tert-OH is 1. The minimum Gasteiger partial charge on any atom is -0.397 e. The minimum absolute atomic E-state index is 0.106. The van der Waals surface area contributed by atoms with E-state index >= 15 is 0 Å². The summed E-state index contributed by atoms with van der Waals surface area (Å²) in [6, 6.07) is 22.0. The summed E-state index contributed by atoms with van der Waals surface area (Å²) in [6.07, 6.45) is 0. The van der Waals surface area contributed by atoms with Crippen LogP contribution >= 0.6 is 11.6 Å². The van der Waals surface area contributed by atoms with Crippen molar-refractivity contribution in [1.82, 2.24) is 0 Å². The van der Waals surface area contributed by atoms with Gasteiger partial charge >= 0.3 is 0 Å². The van der Waals surface area contributed by atoms with E-state index in [-0.39, 0.29) is 12.4 Å². The Hall–Kier alpha value is -2.66. The molecule has 0 fully saturated rings. The molecule has 0 amide bonds.